The summed E-state index contributed by atoms with van der Waals surface area (Å²) in [5, 5.41) is 0. The smallest absolute Gasteiger partial charge is 0.134 e. The van der Waals surface area contributed by atoms with Crippen LogP contribution in [0.25, 0.3) is 5.57 Å². The quantitative estimate of drug-likeness (QED) is 0.671. The molecule has 2 aliphatic rings. The molecule has 1 saturated carbocycles. The molecule has 94 valence electrons. The molecule has 0 bridgehead atoms. The Labute approximate surface area is 107 Å². The zero-order valence-electron chi connectivity index (χ0n) is 10.8. The lowest BCUT2D eigenvalue weighted by Crippen LogP contribution is -2.32. The van der Waals surface area contributed by atoms with E-state index in [9.17, 15) is 9.18 Å². The van der Waals surface area contributed by atoms with Crippen LogP contribution in [0, 0.1) is 6.92 Å². The van der Waals surface area contributed by atoms with Crippen LogP contribution in [-0.4, -0.2) is 5.78 Å². The molecule has 0 N–H and O–H groups in total. The van der Waals surface area contributed by atoms with Crippen molar-refractivity contribution in [3.8, 4) is 0 Å². The first-order valence-electron chi connectivity index (χ1n) is 6.55. The zero-order chi connectivity index (χ0) is 12.9. The summed E-state index contributed by atoms with van der Waals surface area (Å²) in [6.07, 6.45) is 2.51. The fraction of sp³-hybridized carbons (Fsp3) is 0.438. The second-order valence-electron chi connectivity index (χ2n) is 5.59. The maximum Gasteiger partial charge on any atom is 0.134 e. The highest BCUT2D eigenvalue weighted by Gasteiger charge is 2.47. The van der Waals surface area contributed by atoms with Gasteiger partial charge in [-0.1, -0.05) is 18.2 Å². The van der Waals surface area contributed by atoms with Crippen LogP contribution >= 0.6 is 0 Å². The first-order valence-corrected chi connectivity index (χ1v) is 6.55. The number of hydrogen-bond acceptors (Lipinski definition) is 1. The molecule has 2 aliphatic carbocycles. The lowest BCUT2D eigenvalue weighted by molar-refractivity contribution is -0.121. The molecule has 0 amide bonds. The van der Waals surface area contributed by atoms with Crippen LogP contribution in [-0.2, 0) is 10.2 Å². The number of allylic oxidation sites excluding steroid dienone is 2. The summed E-state index contributed by atoms with van der Waals surface area (Å²) in [6, 6.07) is 5.98. The molecular formula is C16H17FO. The van der Waals surface area contributed by atoms with Crippen LogP contribution in [0.15, 0.2) is 24.0 Å². The molecule has 0 heterocycles. The topological polar surface area (TPSA) is 17.1 Å². The Morgan fingerprint density at radius 1 is 1.28 bits per heavy atom. The van der Waals surface area contributed by atoms with Crippen molar-refractivity contribution < 1.29 is 9.18 Å². The van der Waals surface area contributed by atoms with Crippen LogP contribution in [0.1, 0.15) is 49.3 Å². The second kappa shape index (κ2) is 3.78. The summed E-state index contributed by atoms with van der Waals surface area (Å²) < 4.78 is 14.7. The number of aryl methyl sites for hydroxylation is 1. The number of carbonyl (C=O) groups is 1. The third-order valence-corrected chi connectivity index (χ3v) is 4.47. The van der Waals surface area contributed by atoms with Gasteiger partial charge in [0.1, 0.15) is 11.6 Å². The van der Waals surface area contributed by atoms with Crippen molar-refractivity contribution in [2.24, 2.45) is 0 Å². The molecule has 2 heteroatoms. The number of hydrogen-bond donors (Lipinski definition) is 0. The van der Waals surface area contributed by atoms with Crippen molar-refractivity contribution in [3.05, 3.63) is 40.7 Å². The number of halogens is 1. The molecule has 0 unspecified atom stereocenters. The van der Waals surface area contributed by atoms with Crippen molar-refractivity contribution >= 4 is 11.4 Å². The van der Waals surface area contributed by atoms with Gasteiger partial charge in [0.2, 0.25) is 0 Å². The molecule has 1 aromatic carbocycles. The van der Waals surface area contributed by atoms with Gasteiger partial charge < -0.3 is 0 Å². The summed E-state index contributed by atoms with van der Waals surface area (Å²) in [6.45, 7) is 3.86. The summed E-state index contributed by atoms with van der Waals surface area (Å²) >= 11 is 0. The predicted octanol–water partition coefficient (Wildman–Crippen LogP) is 4.09. The predicted molar refractivity (Wildman–Crippen MR) is 70.0 cm³/mol. The average Bonchev–Trinajstić information content (AvgIpc) is 2.54. The van der Waals surface area contributed by atoms with Gasteiger partial charge in [0.25, 0.3) is 0 Å². The number of carbonyl (C=O) groups excluding carboxylic acids is 1. The van der Waals surface area contributed by atoms with Gasteiger partial charge in [-0.3, -0.25) is 4.79 Å². The highest BCUT2D eigenvalue weighted by molar-refractivity contribution is 5.87. The van der Waals surface area contributed by atoms with Crippen LogP contribution in [0.5, 0.6) is 0 Å². The van der Waals surface area contributed by atoms with Gasteiger partial charge in [-0.15, -0.1) is 0 Å². The van der Waals surface area contributed by atoms with Crippen molar-refractivity contribution in [2.45, 2.75) is 44.9 Å². The number of benzene rings is 1. The van der Waals surface area contributed by atoms with Crippen LogP contribution < -0.4 is 0 Å². The Kier molecular flexibility index (Phi) is 2.44. The third kappa shape index (κ3) is 1.35. The van der Waals surface area contributed by atoms with E-state index in [-0.39, 0.29) is 11.6 Å². The van der Waals surface area contributed by atoms with E-state index >= 15 is 0 Å². The van der Waals surface area contributed by atoms with Crippen LogP contribution in [0.2, 0.25) is 0 Å². The van der Waals surface area contributed by atoms with E-state index in [0.29, 0.717) is 12.8 Å². The zero-order valence-corrected chi connectivity index (χ0v) is 10.8. The standard InChI is InChI=1S/C16H17FO/c1-10-5-3-7-13-14(10)11(2)15(17)16(13)8-4-6-12(18)9-16/h3,5,7H,4,6,8-9H2,1-2H3/t16-/m1/s1. The highest BCUT2D eigenvalue weighted by atomic mass is 19.1. The molecule has 3 rings (SSSR count). The number of fused-ring (bicyclic) bond motifs is 2. The van der Waals surface area contributed by atoms with E-state index in [1.54, 1.807) is 0 Å². The molecular weight excluding hydrogens is 227 g/mol. The molecule has 18 heavy (non-hydrogen) atoms. The molecule has 0 radical (unpaired) electrons. The number of ketones is 1. The molecule has 0 saturated heterocycles. The fourth-order valence-corrected chi connectivity index (χ4v) is 3.67. The van der Waals surface area contributed by atoms with Crippen LogP contribution in [0.4, 0.5) is 4.39 Å². The van der Waals surface area contributed by atoms with Gasteiger partial charge in [-0.05, 0) is 49.0 Å². The minimum atomic E-state index is -0.638. The van der Waals surface area contributed by atoms with Gasteiger partial charge in [0, 0.05) is 12.8 Å². The SMILES string of the molecule is CC1=C(F)[C@@]2(CCCC(=O)C2)c2cccc(C)c21. The number of rotatable bonds is 0. The molecule has 1 spiro atoms. The Morgan fingerprint density at radius 2 is 2.06 bits per heavy atom. The van der Waals surface area contributed by atoms with Crippen molar-refractivity contribution in [1.29, 1.82) is 0 Å². The maximum atomic E-state index is 14.7. The van der Waals surface area contributed by atoms with Gasteiger partial charge in [-0.2, -0.15) is 0 Å². The summed E-state index contributed by atoms with van der Waals surface area (Å²) in [5.41, 5.74) is 3.27. The molecule has 0 aromatic heterocycles. The largest absolute Gasteiger partial charge is 0.300 e. The Hall–Kier alpha value is -1.44. The summed E-state index contributed by atoms with van der Waals surface area (Å²) in [4.78, 5) is 11.8. The number of Topliss-reactive ketones (excluding diaryl/α,β-unsaturated/α-hetero) is 1. The lowest BCUT2D eigenvalue weighted by atomic mass is 9.69. The van der Waals surface area contributed by atoms with E-state index in [4.69, 9.17) is 0 Å². The van der Waals surface area contributed by atoms with Crippen LogP contribution in [0.3, 0.4) is 0 Å². The first-order chi connectivity index (χ1) is 8.56. The molecule has 1 nitrogen and oxygen atoms in total. The van der Waals surface area contributed by atoms with E-state index in [2.05, 4.69) is 0 Å². The third-order valence-electron chi connectivity index (χ3n) is 4.47. The second-order valence-corrected chi connectivity index (χ2v) is 5.59. The van der Waals surface area contributed by atoms with E-state index < -0.39 is 5.41 Å². The minimum absolute atomic E-state index is 0.0696. The summed E-state index contributed by atoms with van der Waals surface area (Å²) in [7, 11) is 0. The van der Waals surface area contributed by atoms with Crippen molar-refractivity contribution in [3.63, 3.8) is 0 Å². The first kappa shape index (κ1) is 11.6. The van der Waals surface area contributed by atoms with Crippen molar-refractivity contribution in [2.75, 3.05) is 0 Å². The Bertz CT molecular complexity index is 570. The van der Waals surface area contributed by atoms with Gasteiger partial charge in [0.05, 0.1) is 5.41 Å². The molecule has 1 atom stereocenters. The van der Waals surface area contributed by atoms with Gasteiger partial charge >= 0.3 is 0 Å². The lowest BCUT2D eigenvalue weighted by Gasteiger charge is -2.33. The molecule has 0 aliphatic heterocycles. The van der Waals surface area contributed by atoms with Gasteiger partial charge in [0.15, 0.2) is 0 Å². The monoisotopic (exact) mass is 244 g/mol. The van der Waals surface area contributed by atoms with E-state index in [1.807, 2.05) is 32.0 Å². The minimum Gasteiger partial charge on any atom is -0.300 e. The molecule has 1 fully saturated rings. The fourth-order valence-electron chi connectivity index (χ4n) is 3.67. The molecule has 1 aromatic rings. The Balaban J connectivity index is 2.25. The maximum absolute atomic E-state index is 14.7. The highest BCUT2D eigenvalue weighted by Crippen LogP contribution is 2.54. The summed E-state index contributed by atoms with van der Waals surface area (Å²) in [5.74, 6) is 0.124. The van der Waals surface area contributed by atoms with Gasteiger partial charge in [-0.25, -0.2) is 4.39 Å². The average molecular weight is 244 g/mol. The van der Waals surface area contributed by atoms with Crippen molar-refractivity contribution in [1.82, 2.24) is 0 Å². The van der Waals surface area contributed by atoms with E-state index in [1.165, 1.54) is 0 Å². The normalized spacial score (nSPS) is 26.9. The van der Waals surface area contributed by atoms with E-state index in [0.717, 1.165) is 35.1 Å². The Morgan fingerprint density at radius 3 is 2.78 bits per heavy atom.